The summed E-state index contributed by atoms with van der Waals surface area (Å²) in [4.78, 5) is 27.2. The highest BCUT2D eigenvalue weighted by atomic mass is 19.1. The molecule has 2 aromatic carbocycles. The Morgan fingerprint density at radius 1 is 1.00 bits per heavy atom. The Hall–Kier alpha value is -3.19. The smallest absolute Gasteiger partial charge is 0.278 e. The van der Waals surface area contributed by atoms with Crippen molar-refractivity contribution >= 4 is 23.1 Å². The molecule has 0 aromatic heterocycles. The SMILES string of the molecule is CCOc1ccc(C2=C(Nc3ccc(F)cc3)C(=O)N(CCCOC)C2=O)cc1. The van der Waals surface area contributed by atoms with Gasteiger partial charge in [0.05, 0.1) is 12.2 Å². The summed E-state index contributed by atoms with van der Waals surface area (Å²) >= 11 is 0. The van der Waals surface area contributed by atoms with Gasteiger partial charge in [-0.25, -0.2) is 4.39 Å². The molecule has 2 amide bonds. The van der Waals surface area contributed by atoms with Crippen LogP contribution < -0.4 is 10.1 Å². The Morgan fingerprint density at radius 2 is 1.69 bits per heavy atom. The first-order chi connectivity index (χ1) is 14.0. The molecule has 152 valence electrons. The molecule has 3 rings (SSSR count). The van der Waals surface area contributed by atoms with E-state index in [1.165, 1.54) is 29.2 Å². The molecule has 0 atom stereocenters. The van der Waals surface area contributed by atoms with Crippen molar-refractivity contribution < 1.29 is 23.5 Å². The topological polar surface area (TPSA) is 67.9 Å². The van der Waals surface area contributed by atoms with Crippen molar-refractivity contribution in [2.45, 2.75) is 13.3 Å². The lowest BCUT2D eigenvalue weighted by Crippen LogP contribution is -2.33. The van der Waals surface area contributed by atoms with E-state index in [1.807, 2.05) is 6.92 Å². The third-order valence-corrected chi connectivity index (χ3v) is 4.47. The van der Waals surface area contributed by atoms with Gasteiger partial charge < -0.3 is 14.8 Å². The number of imide groups is 1. The minimum atomic E-state index is -0.417. The second-order valence-corrected chi connectivity index (χ2v) is 6.45. The first kappa shape index (κ1) is 20.5. The monoisotopic (exact) mass is 398 g/mol. The fourth-order valence-electron chi connectivity index (χ4n) is 3.09. The quantitative estimate of drug-likeness (QED) is 0.518. The number of carbonyl (C=O) groups is 2. The molecular weight excluding hydrogens is 375 g/mol. The van der Waals surface area contributed by atoms with E-state index in [4.69, 9.17) is 9.47 Å². The summed E-state index contributed by atoms with van der Waals surface area (Å²) in [5.74, 6) is -0.496. The number of carbonyl (C=O) groups excluding carboxylic acids is 2. The van der Waals surface area contributed by atoms with Crippen molar-refractivity contribution in [2.24, 2.45) is 0 Å². The predicted molar refractivity (Wildman–Crippen MR) is 108 cm³/mol. The second-order valence-electron chi connectivity index (χ2n) is 6.45. The number of hydrogen-bond donors (Lipinski definition) is 1. The molecule has 29 heavy (non-hydrogen) atoms. The average molecular weight is 398 g/mol. The predicted octanol–water partition coefficient (Wildman–Crippen LogP) is 3.45. The van der Waals surface area contributed by atoms with Gasteiger partial charge in [0.1, 0.15) is 17.3 Å². The van der Waals surface area contributed by atoms with Crippen molar-refractivity contribution in [1.29, 1.82) is 0 Å². The third kappa shape index (κ3) is 4.63. The number of anilines is 1. The fourth-order valence-corrected chi connectivity index (χ4v) is 3.09. The minimum absolute atomic E-state index is 0.170. The summed E-state index contributed by atoms with van der Waals surface area (Å²) in [5.41, 5.74) is 1.57. The lowest BCUT2D eigenvalue weighted by Gasteiger charge is -2.15. The number of amides is 2. The number of hydrogen-bond acceptors (Lipinski definition) is 5. The molecule has 1 heterocycles. The zero-order valence-electron chi connectivity index (χ0n) is 16.4. The van der Waals surface area contributed by atoms with Crippen LogP contribution in [-0.2, 0) is 14.3 Å². The van der Waals surface area contributed by atoms with Gasteiger partial charge in [0.2, 0.25) is 0 Å². The largest absolute Gasteiger partial charge is 0.494 e. The summed E-state index contributed by atoms with van der Waals surface area (Å²) in [7, 11) is 1.57. The van der Waals surface area contributed by atoms with Gasteiger partial charge in [-0.05, 0) is 55.3 Å². The molecule has 0 saturated heterocycles. The normalized spacial score (nSPS) is 14.0. The highest BCUT2D eigenvalue weighted by Gasteiger charge is 2.38. The molecule has 0 fully saturated rings. The summed E-state index contributed by atoms with van der Waals surface area (Å²) in [6.45, 7) is 3.11. The van der Waals surface area contributed by atoms with Crippen LogP contribution in [0.5, 0.6) is 5.75 Å². The van der Waals surface area contributed by atoms with Crippen molar-refractivity contribution in [3.8, 4) is 5.75 Å². The van der Waals surface area contributed by atoms with Crippen LogP contribution in [0.3, 0.4) is 0 Å². The maximum Gasteiger partial charge on any atom is 0.278 e. The van der Waals surface area contributed by atoms with Crippen molar-refractivity contribution in [1.82, 2.24) is 4.90 Å². The van der Waals surface area contributed by atoms with Crippen LogP contribution in [0.15, 0.2) is 54.2 Å². The number of nitrogens with one attached hydrogen (secondary N) is 1. The molecule has 0 spiro atoms. The third-order valence-electron chi connectivity index (χ3n) is 4.47. The molecular formula is C22H23FN2O4. The number of ether oxygens (including phenoxy) is 2. The Kier molecular flexibility index (Phi) is 6.61. The second kappa shape index (κ2) is 9.34. The molecule has 0 unspecified atom stereocenters. The lowest BCUT2D eigenvalue weighted by atomic mass is 10.0. The maximum absolute atomic E-state index is 13.2. The molecule has 6 nitrogen and oxygen atoms in total. The van der Waals surface area contributed by atoms with Gasteiger partial charge in [-0.3, -0.25) is 14.5 Å². The number of methoxy groups -OCH3 is 1. The molecule has 0 saturated carbocycles. The molecule has 0 bridgehead atoms. The summed E-state index contributed by atoms with van der Waals surface area (Å²) in [6.07, 6.45) is 0.536. The minimum Gasteiger partial charge on any atom is -0.494 e. The van der Waals surface area contributed by atoms with Crippen molar-refractivity contribution in [3.05, 3.63) is 65.6 Å². The first-order valence-electron chi connectivity index (χ1n) is 9.40. The van der Waals surface area contributed by atoms with Crippen LogP contribution in [0, 0.1) is 5.82 Å². The molecule has 7 heteroatoms. The van der Waals surface area contributed by atoms with Crippen LogP contribution in [-0.4, -0.2) is 43.6 Å². The Balaban J connectivity index is 1.95. The van der Waals surface area contributed by atoms with Gasteiger partial charge in [-0.1, -0.05) is 12.1 Å². The first-order valence-corrected chi connectivity index (χ1v) is 9.40. The van der Waals surface area contributed by atoms with E-state index in [0.717, 1.165) is 0 Å². The van der Waals surface area contributed by atoms with Crippen molar-refractivity contribution in [3.63, 3.8) is 0 Å². The van der Waals surface area contributed by atoms with E-state index < -0.39 is 5.91 Å². The van der Waals surface area contributed by atoms with Crippen LogP contribution in [0.2, 0.25) is 0 Å². The van der Waals surface area contributed by atoms with E-state index in [1.54, 1.807) is 31.4 Å². The van der Waals surface area contributed by atoms with E-state index >= 15 is 0 Å². The Bertz CT molecular complexity index is 907. The van der Waals surface area contributed by atoms with Gasteiger partial charge >= 0.3 is 0 Å². The molecule has 0 aliphatic carbocycles. The Labute approximate surface area is 168 Å². The Morgan fingerprint density at radius 3 is 2.31 bits per heavy atom. The molecule has 1 N–H and O–H groups in total. The van der Waals surface area contributed by atoms with Gasteiger partial charge in [0.15, 0.2) is 0 Å². The van der Waals surface area contributed by atoms with Crippen LogP contribution in [0.4, 0.5) is 10.1 Å². The van der Waals surface area contributed by atoms with Gasteiger partial charge in [0, 0.05) is 25.9 Å². The van der Waals surface area contributed by atoms with Crippen molar-refractivity contribution in [2.75, 3.05) is 32.2 Å². The summed E-state index contributed by atoms with van der Waals surface area (Å²) in [6, 6.07) is 12.6. The highest BCUT2D eigenvalue weighted by Crippen LogP contribution is 2.31. The van der Waals surface area contributed by atoms with Crippen LogP contribution >= 0.6 is 0 Å². The van der Waals surface area contributed by atoms with Gasteiger partial charge in [-0.15, -0.1) is 0 Å². The number of nitrogens with zero attached hydrogens (tertiary/aromatic N) is 1. The number of benzene rings is 2. The average Bonchev–Trinajstić information content (AvgIpc) is 2.95. The van der Waals surface area contributed by atoms with Crippen LogP contribution in [0.25, 0.3) is 5.57 Å². The standard InChI is InChI=1S/C22H23FN2O4/c1-3-29-18-11-5-15(6-12-18)19-20(24-17-9-7-16(23)8-10-17)22(27)25(21(19)26)13-4-14-28-2/h5-12,24H,3-4,13-14H2,1-2H3. The molecule has 2 aromatic rings. The van der Waals surface area contributed by atoms with Crippen LogP contribution in [0.1, 0.15) is 18.9 Å². The summed E-state index contributed by atoms with van der Waals surface area (Å²) < 4.78 is 23.7. The fraction of sp³-hybridized carbons (Fsp3) is 0.273. The van der Waals surface area contributed by atoms with E-state index in [2.05, 4.69) is 5.32 Å². The number of rotatable bonds is 9. The molecule has 0 radical (unpaired) electrons. The van der Waals surface area contributed by atoms with E-state index in [0.29, 0.717) is 36.6 Å². The molecule has 1 aliphatic rings. The van der Waals surface area contributed by atoms with Gasteiger partial charge in [0.25, 0.3) is 11.8 Å². The zero-order chi connectivity index (χ0) is 20.8. The maximum atomic E-state index is 13.2. The zero-order valence-corrected chi connectivity index (χ0v) is 16.4. The van der Waals surface area contributed by atoms with Gasteiger partial charge in [-0.2, -0.15) is 0 Å². The number of halogens is 1. The van der Waals surface area contributed by atoms with E-state index in [-0.39, 0.29) is 29.5 Å². The summed E-state index contributed by atoms with van der Waals surface area (Å²) in [5, 5.41) is 3.00. The highest BCUT2D eigenvalue weighted by molar-refractivity contribution is 6.36. The molecule has 1 aliphatic heterocycles. The lowest BCUT2D eigenvalue weighted by molar-refractivity contribution is -0.136. The van der Waals surface area contributed by atoms with E-state index in [9.17, 15) is 14.0 Å².